The van der Waals surface area contributed by atoms with Gasteiger partial charge in [0.2, 0.25) is 5.88 Å². The van der Waals surface area contributed by atoms with Crippen molar-refractivity contribution in [2.75, 3.05) is 7.11 Å². The summed E-state index contributed by atoms with van der Waals surface area (Å²) in [6.45, 7) is 0. The number of hydrogen-bond acceptors (Lipinski definition) is 6. The van der Waals surface area contributed by atoms with Gasteiger partial charge in [-0.2, -0.15) is 5.10 Å². The van der Waals surface area contributed by atoms with Crippen molar-refractivity contribution in [3.05, 3.63) is 41.3 Å². The van der Waals surface area contributed by atoms with Crippen LogP contribution in [0.3, 0.4) is 0 Å². The molecular weight excluding hydrogens is 262 g/mol. The summed E-state index contributed by atoms with van der Waals surface area (Å²) in [5, 5.41) is 9.97. The summed E-state index contributed by atoms with van der Waals surface area (Å²) >= 11 is 1.60. The Balaban J connectivity index is 1.76. The highest BCUT2D eigenvalue weighted by atomic mass is 32.1. The van der Waals surface area contributed by atoms with E-state index in [4.69, 9.17) is 10.5 Å². The van der Waals surface area contributed by atoms with Crippen LogP contribution in [0.15, 0.2) is 29.9 Å². The Hall–Kier alpha value is -1.99. The maximum Gasteiger partial charge on any atom is 0.233 e. The molecule has 0 spiro atoms. The van der Waals surface area contributed by atoms with Crippen LogP contribution in [0, 0.1) is 0 Å². The van der Waals surface area contributed by atoms with Crippen LogP contribution in [-0.2, 0) is 6.42 Å². The minimum Gasteiger partial charge on any atom is -0.480 e. The molecule has 3 heterocycles. The molecule has 2 N–H and O–H groups in total. The number of fused-ring (bicyclic) bond motifs is 1. The Morgan fingerprint density at radius 1 is 1.42 bits per heavy atom. The summed E-state index contributed by atoms with van der Waals surface area (Å²) in [4.78, 5) is 5.48. The van der Waals surface area contributed by atoms with Gasteiger partial charge in [-0.1, -0.05) is 0 Å². The molecule has 0 amide bonds. The molecule has 0 saturated heterocycles. The molecular formula is C12H13N5OS. The SMILES string of the molecule is COc1ccc(C(N)Cc2cn3ccsc3n2)nn1. The first-order valence-corrected chi connectivity index (χ1v) is 6.68. The van der Waals surface area contributed by atoms with Gasteiger partial charge in [0.25, 0.3) is 0 Å². The second-order valence-electron chi connectivity index (χ2n) is 4.14. The summed E-state index contributed by atoms with van der Waals surface area (Å²) in [5.74, 6) is 0.485. The van der Waals surface area contributed by atoms with Crippen molar-refractivity contribution >= 4 is 16.3 Å². The van der Waals surface area contributed by atoms with Gasteiger partial charge in [0, 0.05) is 30.3 Å². The van der Waals surface area contributed by atoms with Gasteiger partial charge in [-0.15, -0.1) is 16.4 Å². The number of rotatable bonds is 4. The molecule has 3 aromatic heterocycles. The van der Waals surface area contributed by atoms with Gasteiger partial charge in [-0.05, 0) is 6.07 Å². The molecule has 98 valence electrons. The Labute approximate surface area is 113 Å². The van der Waals surface area contributed by atoms with Crippen molar-refractivity contribution in [1.29, 1.82) is 0 Å². The fourth-order valence-corrected chi connectivity index (χ4v) is 2.56. The fraction of sp³-hybridized carbons (Fsp3) is 0.250. The third-order valence-corrected chi connectivity index (χ3v) is 3.59. The molecule has 3 rings (SSSR count). The Morgan fingerprint density at radius 3 is 3.00 bits per heavy atom. The fourth-order valence-electron chi connectivity index (χ4n) is 1.84. The molecule has 0 aliphatic heterocycles. The molecule has 0 fully saturated rings. The standard InChI is InChI=1S/C12H13N5OS/c1-18-11-3-2-10(15-16-11)9(13)6-8-7-17-4-5-19-12(17)14-8/h2-5,7,9H,6,13H2,1H3. The van der Waals surface area contributed by atoms with Gasteiger partial charge < -0.3 is 10.5 Å². The molecule has 3 aromatic rings. The van der Waals surface area contributed by atoms with E-state index in [2.05, 4.69) is 15.2 Å². The first-order valence-electron chi connectivity index (χ1n) is 5.80. The van der Waals surface area contributed by atoms with E-state index in [1.165, 1.54) is 0 Å². The second kappa shape index (κ2) is 4.94. The van der Waals surface area contributed by atoms with Crippen molar-refractivity contribution < 1.29 is 4.74 Å². The molecule has 0 radical (unpaired) electrons. The molecule has 1 unspecified atom stereocenters. The number of ether oxygens (including phenoxy) is 1. The molecule has 6 nitrogen and oxygen atoms in total. The highest BCUT2D eigenvalue weighted by Gasteiger charge is 2.12. The summed E-state index contributed by atoms with van der Waals surface area (Å²) in [7, 11) is 1.56. The van der Waals surface area contributed by atoms with Crippen molar-refractivity contribution in [1.82, 2.24) is 19.6 Å². The number of hydrogen-bond donors (Lipinski definition) is 1. The quantitative estimate of drug-likeness (QED) is 0.779. The monoisotopic (exact) mass is 275 g/mol. The lowest BCUT2D eigenvalue weighted by Crippen LogP contribution is -2.15. The van der Waals surface area contributed by atoms with Crippen molar-refractivity contribution in [2.24, 2.45) is 5.73 Å². The predicted molar refractivity (Wildman–Crippen MR) is 72.3 cm³/mol. The van der Waals surface area contributed by atoms with Crippen LogP contribution in [-0.4, -0.2) is 26.7 Å². The molecule has 1 atom stereocenters. The predicted octanol–water partition coefficient (Wildman–Crippen LogP) is 1.44. The van der Waals surface area contributed by atoms with Crippen molar-refractivity contribution in [2.45, 2.75) is 12.5 Å². The number of imidazole rings is 1. The van der Waals surface area contributed by atoms with Crippen LogP contribution in [0.1, 0.15) is 17.4 Å². The van der Waals surface area contributed by atoms with Crippen LogP contribution in [0.25, 0.3) is 4.96 Å². The number of methoxy groups -OCH3 is 1. The zero-order chi connectivity index (χ0) is 13.2. The van der Waals surface area contributed by atoms with Crippen LogP contribution >= 0.6 is 11.3 Å². The van der Waals surface area contributed by atoms with Gasteiger partial charge in [-0.25, -0.2) is 4.98 Å². The lowest BCUT2D eigenvalue weighted by Gasteiger charge is -2.08. The first kappa shape index (κ1) is 12.1. The normalized spacial score (nSPS) is 12.7. The van der Waals surface area contributed by atoms with Crippen molar-refractivity contribution in [3.8, 4) is 5.88 Å². The van der Waals surface area contributed by atoms with Crippen LogP contribution in [0.4, 0.5) is 0 Å². The Bertz CT molecular complexity index is 646. The van der Waals surface area contributed by atoms with E-state index in [9.17, 15) is 0 Å². The molecule has 0 aliphatic carbocycles. The summed E-state index contributed by atoms with van der Waals surface area (Å²) in [6, 6.07) is 3.37. The molecule has 0 aliphatic rings. The smallest absolute Gasteiger partial charge is 0.233 e. The lowest BCUT2D eigenvalue weighted by atomic mass is 10.1. The number of nitrogens with zero attached hydrogens (tertiary/aromatic N) is 4. The van der Waals surface area contributed by atoms with Crippen LogP contribution in [0.2, 0.25) is 0 Å². The number of aromatic nitrogens is 4. The summed E-state index contributed by atoms with van der Waals surface area (Å²) in [5.41, 5.74) is 7.81. The largest absolute Gasteiger partial charge is 0.480 e. The third kappa shape index (κ3) is 2.42. The first-order chi connectivity index (χ1) is 9.26. The van der Waals surface area contributed by atoms with E-state index in [1.807, 2.05) is 28.2 Å². The molecule has 0 saturated carbocycles. The number of nitrogens with two attached hydrogens (primary N) is 1. The summed E-state index contributed by atoms with van der Waals surface area (Å²) in [6.07, 6.45) is 4.60. The minimum atomic E-state index is -0.219. The molecule has 19 heavy (non-hydrogen) atoms. The average molecular weight is 275 g/mol. The average Bonchev–Trinajstić information content (AvgIpc) is 2.99. The van der Waals surface area contributed by atoms with Gasteiger partial charge in [0.1, 0.15) is 0 Å². The highest BCUT2D eigenvalue weighted by molar-refractivity contribution is 7.15. The van der Waals surface area contributed by atoms with Gasteiger partial charge in [-0.3, -0.25) is 4.40 Å². The van der Waals surface area contributed by atoms with E-state index in [1.54, 1.807) is 24.5 Å². The summed E-state index contributed by atoms with van der Waals surface area (Å²) < 4.78 is 6.96. The second-order valence-corrected chi connectivity index (χ2v) is 5.01. The zero-order valence-corrected chi connectivity index (χ0v) is 11.2. The lowest BCUT2D eigenvalue weighted by molar-refractivity contribution is 0.390. The van der Waals surface area contributed by atoms with Gasteiger partial charge in [0.05, 0.1) is 24.5 Å². The topological polar surface area (TPSA) is 78.3 Å². The third-order valence-electron chi connectivity index (χ3n) is 2.82. The van der Waals surface area contributed by atoms with E-state index in [-0.39, 0.29) is 6.04 Å². The van der Waals surface area contributed by atoms with E-state index < -0.39 is 0 Å². The molecule has 0 bridgehead atoms. The number of thiazole rings is 1. The zero-order valence-electron chi connectivity index (χ0n) is 10.4. The Morgan fingerprint density at radius 2 is 2.32 bits per heavy atom. The highest BCUT2D eigenvalue weighted by Crippen LogP contribution is 2.17. The maximum absolute atomic E-state index is 6.12. The van der Waals surface area contributed by atoms with Crippen LogP contribution < -0.4 is 10.5 Å². The maximum atomic E-state index is 6.12. The molecule has 7 heteroatoms. The van der Waals surface area contributed by atoms with E-state index >= 15 is 0 Å². The van der Waals surface area contributed by atoms with E-state index in [0.717, 1.165) is 16.3 Å². The molecule has 0 aromatic carbocycles. The minimum absolute atomic E-state index is 0.219. The van der Waals surface area contributed by atoms with Gasteiger partial charge >= 0.3 is 0 Å². The van der Waals surface area contributed by atoms with Gasteiger partial charge in [0.15, 0.2) is 4.96 Å². The van der Waals surface area contributed by atoms with E-state index in [0.29, 0.717) is 12.3 Å². The van der Waals surface area contributed by atoms with Crippen LogP contribution in [0.5, 0.6) is 5.88 Å². The Kier molecular flexibility index (Phi) is 3.14. The van der Waals surface area contributed by atoms with Crippen molar-refractivity contribution in [3.63, 3.8) is 0 Å².